The molecule has 1 aromatic carbocycles. The van der Waals surface area contributed by atoms with Crippen LogP contribution in [0.15, 0.2) is 42.7 Å². The average molecular weight is 341 g/mol. The van der Waals surface area contributed by atoms with Gasteiger partial charge in [0.1, 0.15) is 11.5 Å². The summed E-state index contributed by atoms with van der Waals surface area (Å²) in [5.41, 5.74) is 0. The number of hydrogen-bond acceptors (Lipinski definition) is 5. The van der Waals surface area contributed by atoms with Crippen molar-refractivity contribution in [1.82, 2.24) is 14.9 Å². The minimum Gasteiger partial charge on any atom is -0.484 e. The summed E-state index contributed by atoms with van der Waals surface area (Å²) in [6, 6.07) is 9.66. The van der Waals surface area contributed by atoms with Gasteiger partial charge in [0.15, 0.2) is 6.61 Å². The summed E-state index contributed by atoms with van der Waals surface area (Å²) in [6.45, 7) is 4.23. The third kappa shape index (κ3) is 4.47. The molecular weight excluding hydrogens is 318 g/mol. The van der Waals surface area contributed by atoms with Crippen molar-refractivity contribution in [2.24, 2.45) is 0 Å². The SMILES string of the molecule is C[C@H]1CCC[C@H](C)N1C(=O)COc1cccc(Oc2ncccn2)c1. The fourth-order valence-electron chi connectivity index (χ4n) is 3.20. The highest BCUT2D eigenvalue weighted by molar-refractivity contribution is 5.78. The summed E-state index contributed by atoms with van der Waals surface area (Å²) in [6.07, 6.45) is 6.51. The van der Waals surface area contributed by atoms with Crippen molar-refractivity contribution in [1.29, 1.82) is 0 Å². The molecule has 25 heavy (non-hydrogen) atoms. The fraction of sp³-hybridized carbons (Fsp3) is 0.421. The third-order valence-corrected chi connectivity index (χ3v) is 4.40. The second-order valence-electron chi connectivity index (χ2n) is 6.33. The summed E-state index contributed by atoms with van der Waals surface area (Å²) >= 11 is 0. The zero-order chi connectivity index (χ0) is 17.6. The number of hydrogen-bond donors (Lipinski definition) is 0. The Hall–Kier alpha value is -2.63. The molecule has 0 N–H and O–H groups in total. The molecule has 0 saturated carbocycles. The Labute approximate surface area is 147 Å². The molecule has 2 aromatic rings. The van der Waals surface area contributed by atoms with Crippen LogP contribution in [0.4, 0.5) is 0 Å². The average Bonchev–Trinajstić information content (AvgIpc) is 2.61. The highest BCUT2D eigenvalue weighted by Gasteiger charge is 2.28. The molecule has 0 bridgehead atoms. The van der Waals surface area contributed by atoms with Crippen LogP contribution in [-0.4, -0.2) is 39.5 Å². The number of likely N-dealkylation sites (tertiary alicyclic amines) is 1. The molecule has 132 valence electrons. The maximum atomic E-state index is 12.5. The van der Waals surface area contributed by atoms with Gasteiger partial charge in [0.2, 0.25) is 0 Å². The van der Waals surface area contributed by atoms with E-state index in [-0.39, 0.29) is 30.6 Å². The lowest BCUT2D eigenvalue weighted by molar-refractivity contribution is -0.139. The van der Waals surface area contributed by atoms with E-state index in [9.17, 15) is 4.79 Å². The third-order valence-electron chi connectivity index (χ3n) is 4.40. The first-order valence-corrected chi connectivity index (χ1v) is 8.62. The van der Waals surface area contributed by atoms with Gasteiger partial charge in [-0.25, -0.2) is 9.97 Å². The minimum atomic E-state index is 0.0254. The van der Waals surface area contributed by atoms with E-state index < -0.39 is 0 Å². The minimum absolute atomic E-state index is 0.0254. The van der Waals surface area contributed by atoms with Gasteiger partial charge in [0, 0.05) is 30.5 Å². The smallest absolute Gasteiger partial charge is 0.321 e. The number of piperidine rings is 1. The Kier molecular flexibility index (Phi) is 5.48. The molecule has 2 atom stereocenters. The van der Waals surface area contributed by atoms with Gasteiger partial charge in [0.05, 0.1) is 0 Å². The number of aromatic nitrogens is 2. The van der Waals surface area contributed by atoms with E-state index in [1.165, 1.54) is 6.42 Å². The van der Waals surface area contributed by atoms with Crippen molar-refractivity contribution in [3.8, 4) is 17.5 Å². The van der Waals surface area contributed by atoms with E-state index in [4.69, 9.17) is 9.47 Å². The summed E-state index contributed by atoms with van der Waals surface area (Å²) in [4.78, 5) is 22.5. The number of benzene rings is 1. The van der Waals surface area contributed by atoms with Crippen LogP contribution in [0.2, 0.25) is 0 Å². The summed E-state index contributed by atoms with van der Waals surface area (Å²) in [7, 11) is 0. The number of carbonyl (C=O) groups is 1. The van der Waals surface area contributed by atoms with Gasteiger partial charge in [-0.3, -0.25) is 4.79 Å². The molecule has 0 aliphatic carbocycles. The van der Waals surface area contributed by atoms with Crippen LogP contribution in [0.3, 0.4) is 0 Å². The van der Waals surface area contributed by atoms with E-state index in [1.807, 2.05) is 11.0 Å². The van der Waals surface area contributed by atoms with E-state index in [1.54, 1.807) is 36.7 Å². The Morgan fingerprint density at radius 2 is 1.80 bits per heavy atom. The highest BCUT2D eigenvalue weighted by Crippen LogP contribution is 2.25. The van der Waals surface area contributed by atoms with Crippen molar-refractivity contribution >= 4 is 5.91 Å². The molecule has 0 spiro atoms. The predicted molar refractivity (Wildman–Crippen MR) is 93.7 cm³/mol. The molecule has 1 aromatic heterocycles. The Morgan fingerprint density at radius 1 is 1.12 bits per heavy atom. The lowest BCUT2D eigenvalue weighted by atomic mass is 9.97. The van der Waals surface area contributed by atoms with Gasteiger partial charge in [-0.15, -0.1) is 0 Å². The lowest BCUT2D eigenvalue weighted by Crippen LogP contribution is -2.49. The van der Waals surface area contributed by atoms with Crippen LogP contribution in [0, 0.1) is 0 Å². The van der Waals surface area contributed by atoms with E-state index in [0.717, 1.165) is 12.8 Å². The molecule has 1 saturated heterocycles. The number of amides is 1. The van der Waals surface area contributed by atoms with Gasteiger partial charge in [0.25, 0.3) is 5.91 Å². The van der Waals surface area contributed by atoms with Gasteiger partial charge in [-0.2, -0.15) is 0 Å². The zero-order valence-electron chi connectivity index (χ0n) is 14.6. The van der Waals surface area contributed by atoms with Crippen LogP contribution in [0.25, 0.3) is 0 Å². The molecule has 6 nitrogen and oxygen atoms in total. The van der Waals surface area contributed by atoms with Gasteiger partial charge < -0.3 is 14.4 Å². The zero-order valence-corrected chi connectivity index (χ0v) is 14.6. The molecule has 1 fully saturated rings. The molecule has 0 radical (unpaired) electrons. The molecule has 2 heterocycles. The van der Waals surface area contributed by atoms with Gasteiger partial charge in [-0.05, 0) is 51.3 Å². The molecule has 3 rings (SSSR count). The highest BCUT2D eigenvalue weighted by atomic mass is 16.5. The first-order chi connectivity index (χ1) is 12.1. The lowest BCUT2D eigenvalue weighted by Gasteiger charge is -2.38. The molecule has 6 heteroatoms. The first kappa shape index (κ1) is 17.2. The number of carbonyl (C=O) groups excluding carboxylic acids is 1. The fourth-order valence-corrected chi connectivity index (χ4v) is 3.20. The van der Waals surface area contributed by atoms with Crippen LogP contribution < -0.4 is 9.47 Å². The second kappa shape index (κ2) is 7.96. The molecular formula is C19H23N3O3. The first-order valence-electron chi connectivity index (χ1n) is 8.62. The quantitative estimate of drug-likeness (QED) is 0.833. The van der Waals surface area contributed by atoms with Crippen LogP contribution in [-0.2, 0) is 4.79 Å². The van der Waals surface area contributed by atoms with E-state index in [2.05, 4.69) is 23.8 Å². The molecule has 1 aliphatic rings. The summed E-state index contributed by atoms with van der Waals surface area (Å²) in [5, 5.41) is 0. The normalized spacial score (nSPS) is 20.2. The van der Waals surface area contributed by atoms with E-state index >= 15 is 0 Å². The van der Waals surface area contributed by atoms with Crippen molar-refractivity contribution in [3.05, 3.63) is 42.7 Å². The van der Waals surface area contributed by atoms with Crippen molar-refractivity contribution in [3.63, 3.8) is 0 Å². The maximum Gasteiger partial charge on any atom is 0.321 e. The summed E-state index contributed by atoms with van der Waals surface area (Å²) in [5.74, 6) is 1.17. The van der Waals surface area contributed by atoms with Gasteiger partial charge in [-0.1, -0.05) is 6.07 Å². The Balaban J connectivity index is 1.59. The number of nitrogens with zero attached hydrogens (tertiary/aromatic N) is 3. The molecule has 1 amide bonds. The molecule has 1 aliphatic heterocycles. The second-order valence-corrected chi connectivity index (χ2v) is 6.33. The predicted octanol–water partition coefficient (Wildman–Crippen LogP) is 3.44. The molecule has 0 unspecified atom stereocenters. The summed E-state index contributed by atoms with van der Waals surface area (Å²) < 4.78 is 11.3. The monoisotopic (exact) mass is 341 g/mol. The van der Waals surface area contributed by atoms with Gasteiger partial charge >= 0.3 is 6.01 Å². The van der Waals surface area contributed by atoms with E-state index in [0.29, 0.717) is 11.5 Å². The van der Waals surface area contributed by atoms with Crippen molar-refractivity contribution < 1.29 is 14.3 Å². The van der Waals surface area contributed by atoms with Crippen molar-refractivity contribution in [2.75, 3.05) is 6.61 Å². The van der Waals surface area contributed by atoms with Crippen LogP contribution >= 0.6 is 0 Å². The van der Waals surface area contributed by atoms with Crippen LogP contribution in [0.5, 0.6) is 17.5 Å². The topological polar surface area (TPSA) is 64.6 Å². The maximum absolute atomic E-state index is 12.5. The van der Waals surface area contributed by atoms with Crippen molar-refractivity contribution in [2.45, 2.75) is 45.2 Å². The standard InChI is InChI=1S/C19H23N3O3/c1-14-6-3-7-15(2)22(14)18(23)13-24-16-8-4-9-17(12-16)25-19-20-10-5-11-21-19/h4-5,8-12,14-15H,3,6-7,13H2,1-2H3/t14-,15-/m0/s1. The Bertz CT molecular complexity index is 698. The Morgan fingerprint density at radius 3 is 2.52 bits per heavy atom. The number of rotatable bonds is 5. The van der Waals surface area contributed by atoms with Crippen LogP contribution in [0.1, 0.15) is 33.1 Å². The number of ether oxygens (including phenoxy) is 2. The largest absolute Gasteiger partial charge is 0.484 e.